The fraction of sp³-hybridized carbons (Fsp3) is 0.375. The molecular formula is C24H25F3N2O2. The lowest BCUT2D eigenvalue weighted by Crippen LogP contribution is -2.39. The van der Waals surface area contributed by atoms with Gasteiger partial charge in [0.05, 0.1) is 16.8 Å². The summed E-state index contributed by atoms with van der Waals surface area (Å²) in [5.41, 5.74) is 1.39. The average Bonchev–Trinajstić information content (AvgIpc) is 3.00. The van der Waals surface area contributed by atoms with Crippen molar-refractivity contribution < 1.29 is 23.1 Å². The molecule has 4 nitrogen and oxygen atoms in total. The summed E-state index contributed by atoms with van der Waals surface area (Å²) in [6.07, 6.45) is 1.55. The Hall–Kier alpha value is -2.80. The first kappa shape index (κ1) is 21.4. The number of nitrogens with one attached hydrogen (secondary N) is 2. The van der Waals surface area contributed by atoms with Crippen molar-refractivity contribution in [2.75, 3.05) is 6.54 Å². The van der Waals surface area contributed by atoms with Crippen molar-refractivity contribution in [3.63, 3.8) is 0 Å². The third-order valence-corrected chi connectivity index (χ3v) is 5.95. The average molecular weight is 430 g/mol. The van der Waals surface area contributed by atoms with Crippen molar-refractivity contribution in [2.24, 2.45) is 5.92 Å². The van der Waals surface area contributed by atoms with E-state index in [-0.39, 0.29) is 29.1 Å². The number of carbonyl (C=O) groups excluding carboxylic acids is 1. The number of carbonyl (C=O) groups is 1. The molecule has 0 saturated heterocycles. The van der Waals surface area contributed by atoms with E-state index in [0.717, 1.165) is 11.6 Å². The number of aromatic amines is 1. The van der Waals surface area contributed by atoms with Gasteiger partial charge in [-0.25, -0.2) is 13.2 Å². The first-order valence-electron chi connectivity index (χ1n) is 10.4. The monoisotopic (exact) mass is 430 g/mol. The summed E-state index contributed by atoms with van der Waals surface area (Å²) >= 11 is 0. The second-order valence-electron chi connectivity index (χ2n) is 8.95. The van der Waals surface area contributed by atoms with Gasteiger partial charge < -0.3 is 15.4 Å². The number of hydrogen-bond acceptors (Lipinski definition) is 2. The van der Waals surface area contributed by atoms with Crippen LogP contribution in [0.3, 0.4) is 0 Å². The number of rotatable bonds is 6. The van der Waals surface area contributed by atoms with Crippen LogP contribution in [0, 0.1) is 23.4 Å². The number of halogens is 3. The van der Waals surface area contributed by atoms with Crippen LogP contribution in [0.5, 0.6) is 0 Å². The molecule has 3 N–H and O–H groups in total. The van der Waals surface area contributed by atoms with Gasteiger partial charge in [0.15, 0.2) is 0 Å². The Morgan fingerprint density at radius 3 is 2.45 bits per heavy atom. The summed E-state index contributed by atoms with van der Waals surface area (Å²) in [6.45, 7) is 3.75. The summed E-state index contributed by atoms with van der Waals surface area (Å²) in [7, 11) is 0. The molecule has 1 amide bonds. The van der Waals surface area contributed by atoms with E-state index >= 15 is 0 Å². The van der Waals surface area contributed by atoms with E-state index in [0.29, 0.717) is 42.5 Å². The molecule has 1 saturated carbocycles. The molecule has 1 heterocycles. The molecule has 0 spiro atoms. The van der Waals surface area contributed by atoms with Crippen LogP contribution < -0.4 is 5.32 Å². The van der Waals surface area contributed by atoms with Gasteiger partial charge in [-0.05, 0) is 80.5 Å². The van der Waals surface area contributed by atoms with Gasteiger partial charge >= 0.3 is 0 Å². The molecule has 2 aromatic carbocycles. The third kappa shape index (κ3) is 4.46. The minimum atomic E-state index is -0.850. The molecule has 1 aliphatic carbocycles. The fourth-order valence-electron chi connectivity index (χ4n) is 4.21. The van der Waals surface area contributed by atoms with Gasteiger partial charge in [-0.15, -0.1) is 0 Å². The van der Waals surface area contributed by atoms with Crippen molar-refractivity contribution in [2.45, 2.75) is 44.6 Å². The Morgan fingerprint density at radius 2 is 1.81 bits per heavy atom. The number of aromatic nitrogens is 1. The van der Waals surface area contributed by atoms with Gasteiger partial charge in [0.25, 0.3) is 0 Å². The summed E-state index contributed by atoms with van der Waals surface area (Å²) in [5.74, 6) is -2.08. The molecule has 7 heteroatoms. The van der Waals surface area contributed by atoms with E-state index < -0.39 is 17.2 Å². The van der Waals surface area contributed by atoms with E-state index in [1.807, 2.05) is 0 Å². The van der Waals surface area contributed by atoms with Crippen LogP contribution in [-0.4, -0.2) is 28.1 Å². The molecular weight excluding hydrogens is 405 g/mol. The highest BCUT2D eigenvalue weighted by atomic mass is 19.1. The quantitative estimate of drug-likeness (QED) is 0.514. The van der Waals surface area contributed by atoms with Crippen LogP contribution in [-0.2, 0) is 4.79 Å². The molecule has 0 bridgehead atoms. The molecule has 4 rings (SSSR count). The number of aliphatic hydroxyl groups is 1. The molecule has 0 unspecified atom stereocenters. The molecule has 1 fully saturated rings. The van der Waals surface area contributed by atoms with Gasteiger partial charge in [-0.2, -0.15) is 0 Å². The number of fused-ring (bicyclic) bond motifs is 1. The predicted octanol–water partition coefficient (Wildman–Crippen LogP) is 5.02. The van der Waals surface area contributed by atoms with E-state index in [1.165, 1.54) is 18.2 Å². The van der Waals surface area contributed by atoms with Crippen molar-refractivity contribution in [3.8, 4) is 11.3 Å². The Kier molecular flexibility index (Phi) is 5.56. The van der Waals surface area contributed by atoms with E-state index in [1.54, 1.807) is 26.0 Å². The number of amides is 1. The smallest absolute Gasteiger partial charge is 0.223 e. The Morgan fingerprint density at radius 1 is 1.13 bits per heavy atom. The molecule has 0 atom stereocenters. The maximum atomic E-state index is 14.4. The Bertz CT molecular complexity index is 1110. The van der Waals surface area contributed by atoms with Crippen LogP contribution in [0.25, 0.3) is 22.2 Å². The zero-order valence-electron chi connectivity index (χ0n) is 17.4. The predicted molar refractivity (Wildman–Crippen MR) is 113 cm³/mol. The van der Waals surface area contributed by atoms with Gasteiger partial charge in [-0.1, -0.05) is 0 Å². The first-order valence-corrected chi connectivity index (χ1v) is 10.4. The van der Waals surface area contributed by atoms with Crippen molar-refractivity contribution in [3.05, 3.63) is 59.4 Å². The first-order chi connectivity index (χ1) is 14.6. The zero-order chi connectivity index (χ0) is 22.3. The van der Waals surface area contributed by atoms with E-state index in [4.69, 9.17) is 0 Å². The van der Waals surface area contributed by atoms with Gasteiger partial charge in [0.2, 0.25) is 5.91 Å². The molecule has 1 aliphatic rings. The van der Waals surface area contributed by atoms with Crippen molar-refractivity contribution in [1.29, 1.82) is 0 Å². The molecule has 1 aromatic heterocycles. The van der Waals surface area contributed by atoms with E-state index in [2.05, 4.69) is 10.3 Å². The lowest BCUT2D eigenvalue weighted by Gasteiger charge is -2.35. The third-order valence-electron chi connectivity index (χ3n) is 5.95. The number of H-pyrrole nitrogens is 1. The Balaban J connectivity index is 1.59. The van der Waals surface area contributed by atoms with Crippen molar-refractivity contribution in [1.82, 2.24) is 10.3 Å². The standard InChI is InChI=1S/C24H25F3N2O2/c1-24(2,31)7-8-28-23(30)15-9-14(10-15)20-18-11-17(26)12-19(27)22(18)29-21(20)13-3-5-16(25)6-4-13/h3-6,11-12,14-15,29,31H,7-10H2,1-2H3,(H,28,30)/t14-,15-. The topological polar surface area (TPSA) is 65.1 Å². The molecule has 31 heavy (non-hydrogen) atoms. The van der Waals surface area contributed by atoms with Crippen molar-refractivity contribution >= 4 is 16.8 Å². The SMILES string of the molecule is CC(C)(O)CCNC(=O)[C@H]1C[C@H](c2c(-c3ccc(F)cc3)[nH]c3c(F)cc(F)cc32)C1. The van der Waals surface area contributed by atoms with E-state index in [9.17, 15) is 23.1 Å². The van der Waals surface area contributed by atoms with Crippen LogP contribution >= 0.6 is 0 Å². The van der Waals surface area contributed by atoms with Crippen LogP contribution in [0.15, 0.2) is 36.4 Å². The van der Waals surface area contributed by atoms with Gasteiger partial charge in [0.1, 0.15) is 17.5 Å². The van der Waals surface area contributed by atoms with Crippen LogP contribution in [0.4, 0.5) is 13.2 Å². The maximum Gasteiger partial charge on any atom is 0.223 e. The maximum absolute atomic E-state index is 14.4. The minimum Gasteiger partial charge on any atom is -0.390 e. The van der Waals surface area contributed by atoms with Gasteiger partial charge in [0, 0.05) is 23.9 Å². The largest absolute Gasteiger partial charge is 0.390 e. The number of hydrogen-bond donors (Lipinski definition) is 3. The molecule has 3 aromatic rings. The summed E-state index contributed by atoms with van der Waals surface area (Å²) in [5, 5.41) is 13.1. The van der Waals surface area contributed by atoms with Gasteiger partial charge in [-0.3, -0.25) is 4.79 Å². The minimum absolute atomic E-state index is 0.0555. The Labute approximate surface area is 178 Å². The highest BCUT2D eigenvalue weighted by Gasteiger charge is 2.38. The van der Waals surface area contributed by atoms with Crippen LogP contribution in [0.1, 0.15) is 44.6 Å². The fourth-order valence-corrected chi connectivity index (χ4v) is 4.21. The zero-order valence-corrected chi connectivity index (χ0v) is 17.4. The number of benzene rings is 2. The second-order valence-corrected chi connectivity index (χ2v) is 8.95. The molecule has 0 aliphatic heterocycles. The molecule has 0 radical (unpaired) electrons. The highest BCUT2D eigenvalue weighted by Crippen LogP contribution is 2.48. The second kappa shape index (κ2) is 8.04. The summed E-state index contributed by atoms with van der Waals surface area (Å²) in [6, 6.07) is 7.96. The normalized spacial score (nSPS) is 18.8. The summed E-state index contributed by atoms with van der Waals surface area (Å²) in [4.78, 5) is 15.5. The lowest BCUT2D eigenvalue weighted by molar-refractivity contribution is -0.128. The highest BCUT2D eigenvalue weighted by molar-refractivity contribution is 5.92. The molecule has 164 valence electrons. The lowest BCUT2D eigenvalue weighted by atomic mass is 9.70. The van der Waals surface area contributed by atoms with Crippen LogP contribution in [0.2, 0.25) is 0 Å². The summed E-state index contributed by atoms with van der Waals surface area (Å²) < 4.78 is 41.8.